The second-order valence-corrected chi connectivity index (χ2v) is 7.87. The van der Waals surface area contributed by atoms with Crippen LogP contribution >= 0.6 is 0 Å². The molecule has 0 bridgehead atoms. The maximum absolute atomic E-state index is 6.10. The summed E-state index contributed by atoms with van der Waals surface area (Å²) in [6.45, 7) is 1.89. The van der Waals surface area contributed by atoms with Crippen molar-refractivity contribution in [3.05, 3.63) is 66.6 Å². The highest BCUT2D eigenvalue weighted by Gasteiger charge is 2.22. The van der Waals surface area contributed by atoms with E-state index in [-0.39, 0.29) is 6.10 Å². The van der Waals surface area contributed by atoms with Crippen LogP contribution in [-0.4, -0.2) is 37.5 Å². The first-order valence-electron chi connectivity index (χ1n) is 10.7. The average Bonchev–Trinajstić information content (AvgIpc) is 3.25. The SMILES string of the molecule is COc1cnc2cccc(OC[C@@H]3CC[C@@H](NCc4cc5ccccc5o4)CO3)c2c1. The van der Waals surface area contributed by atoms with E-state index in [1.807, 2.05) is 42.5 Å². The molecule has 0 spiro atoms. The molecule has 2 aromatic heterocycles. The molecule has 0 unspecified atom stereocenters. The van der Waals surface area contributed by atoms with Crippen molar-refractivity contribution in [2.24, 2.45) is 0 Å². The molecule has 1 N–H and O–H groups in total. The van der Waals surface area contributed by atoms with Crippen LogP contribution in [0.15, 0.2) is 65.2 Å². The van der Waals surface area contributed by atoms with Crippen molar-refractivity contribution in [3.8, 4) is 11.5 Å². The summed E-state index contributed by atoms with van der Waals surface area (Å²) in [6.07, 6.45) is 3.79. The Balaban J connectivity index is 1.12. The van der Waals surface area contributed by atoms with Gasteiger partial charge in [-0.15, -0.1) is 0 Å². The van der Waals surface area contributed by atoms with E-state index in [1.54, 1.807) is 13.3 Å². The number of fused-ring (bicyclic) bond motifs is 2. The van der Waals surface area contributed by atoms with Gasteiger partial charge in [0.15, 0.2) is 0 Å². The third-order valence-electron chi connectivity index (χ3n) is 5.73. The molecule has 5 rings (SSSR count). The van der Waals surface area contributed by atoms with Crippen LogP contribution in [-0.2, 0) is 11.3 Å². The zero-order chi connectivity index (χ0) is 21.0. The molecular formula is C25H26N2O4. The molecule has 0 radical (unpaired) electrons. The van der Waals surface area contributed by atoms with Crippen LogP contribution in [0.3, 0.4) is 0 Å². The average molecular weight is 418 g/mol. The normalized spacial score (nSPS) is 19.0. The van der Waals surface area contributed by atoms with Gasteiger partial charge < -0.3 is 23.9 Å². The van der Waals surface area contributed by atoms with Gasteiger partial charge in [-0.25, -0.2) is 0 Å². The number of pyridine rings is 1. The standard InChI is InChI=1S/C25H26N2O4/c1-28-20-12-22-23(27-13-20)6-4-8-25(22)30-16-19-10-9-18(15-29-19)26-14-21-11-17-5-2-3-7-24(17)31-21/h2-8,11-13,18-19,26H,9-10,14-16H2,1H3/t18-,19+/m1/s1. The zero-order valence-corrected chi connectivity index (χ0v) is 17.5. The summed E-state index contributed by atoms with van der Waals surface area (Å²) in [4.78, 5) is 4.42. The fraction of sp³-hybridized carbons (Fsp3) is 0.320. The number of benzene rings is 2. The molecular weight excluding hydrogens is 392 g/mol. The minimum Gasteiger partial charge on any atom is -0.495 e. The lowest BCUT2D eigenvalue weighted by atomic mass is 10.1. The number of nitrogens with one attached hydrogen (secondary N) is 1. The van der Waals surface area contributed by atoms with Crippen molar-refractivity contribution < 1.29 is 18.6 Å². The molecule has 1 fully saturated rings. The van der Waals surface area contributed by atoms with Gasteiger partial charge in [0, 0.05) is 16.8 Å². The van der Waals surface area contributed by atoms with Gasteiger partial charge in [0.05, 0.1) is 38.1 Å². The van der Waals surface area contributed by atoms with Crippen LogP contribution in [0.2, 0.25) is 0 Å². The van der Waals surface area contributed by atoms with Gasteiger partial charge in [0.1, 0.15) is 29.4 Å². The van der Waals surface area contributed by atoms with Gasteiger partial charge in [-0.1, -0.05) is 24.3 Å². The predicted molar refractivity (Wildman–Crippen MR) is 120 cm³/mol. The number of ether oxygens (including phenoxy) is 3. The van der Waals surface area contributed by atoms with E-state index in [2.05, 4.69) is 22.4 Å². The van der Waals surface area contributed by atoms with Gasteiger partial charge in [-0.05, 0) is 43.2 Å². The van der Waals surface area contributed by atoms with Crippen molar-refractivity contribution in [1.82, 2.24) is 10.3 Å². The summed E-state index contributed by atoms with van der Waals surface area (Å²) in [5.74, 6) is 2.47. The summed E-state index contributed by atoms with van der Waals surface area (Å²) in [5, 5.41) is 5.63. The fourth-order valence-electron chi connectivity index (χ4n) is 3.99. The van der Waals surface area contributed by atoms with E-state index in [9.17, 15) is 0 Å². The van der Waals surface area contributed by atoms with Crippen LogP contribution in [0.4, 0.5) is 0 Å². The molecule has 0 saturated carbocycles. The Morgan fingerprint density at radius 3 is 2.87 bits per heavy atom. The smallest absolute Gasteiger partial charge is 0.137 e. The van der Waals surface area contributed by atoms with E-state index >= 15 is 0 Å². The quantitative estimate of drug-likeness (QED) is 0.469. The Bertz CT molecular complexity index is 1130. The summed E-state index contributed by atoms with van der Waals surface area (Å²) in [6, 6.07) is 18.3. The molecule has 0 aliphatic carbocycles. The number of hydrogen-bond donors (Lipinski definition) is 1. The van der Waals surface area contributed by atoms with Gasteiger partial charge in [0.25, 0.3) is 0 Å². The summed E-state index contributed by atoms with van der Waals surface area (Å²) in [5.41, 5.74) is 1.82. The number of furan rings is 1. The molecule has 2 atom stereocenters. The Hall–Kier alpha value is -3.09. The third-order valence-corrected chi connectivity index (χ3v) is 5.73. The van der Waals surface area contributed by atoms with E-state index < -0.39 is 0 Å². The lowest BCUT2D eigenvalue weighted by Gasteiger charge is -2.29. The van der Waals surface area contributed by atoms with Crippen molar-refractivity contribution >= 4 is 21.9 Å². The van der Waals surface area contributed by atoms with Crippen LogP contribution in [0, 0.1) is 0 Å². The van der Waals surface area contributed by atoms with E-state index in [4.69, 9.17) is 18.6 Å². The van der Waals surface area contributed by atoms with E-state index in [1.165, 1.54) is 0 Å². The van der Waals surface area contributed by atoms with Crippen LogP contribution in [0.25, 0.3) is 21.9 Å². The first kappa shape index (κ1) is 19.8. The Morgan fingerprint density at radius 2 is 2.03 bits per heavy atom. The summed E-state index contributed by atoms with van der Waals surface area (Å²) in [7, 11) is 1.64. The number of nitrogens with zero attached hydrogens (tertiary/aromatic N) is 1. The molecule has 1 saturated heterocycles. The second-order valence-electron chi connectivity index (χ2n) is 7.87. The van der Waals surface area contributed by atoms with E-state index in [0.717, 1.165) is 52.0 Å². The predicted octanol–water partition coefficient (Wildman–Crippen LogP) is 4.71. The molecule has 0 amide bonds. The number of para-hydroxylation sites is 1. The molecule has 3 heterocycles. The minimum absolute atomic E-state index is 0.0815. The minimum atomic E-state index is 0.0815. The highest BCUT2D eigenvalue weighted by molar-refractivity contribution is 5.86. The topological polar surface area (TPSA) is 65.8 Å². The number of rotatable bonds is 7. The first-order valence-corrected chi connectivity index (χ1v) is 10.7. The Morgan fingerprint density at radius 1 is 1.10 bits per heavy atom. The van der Waals surface area contributed by atoms with Crippen molar-refractivity contribution in [1.29, 1.82) is 0 Å². The molecule has 31 heavy (non-hydrogen) atoms. The van der Waals surface area contributed by atoms with Gasteiger partial charge >= 0.3 is 0 Å². The van der Waals surface area contributed by atoms with Crippen molar-refractivity contribution in [2.45, 2.75) is 31.5 Å². The number of hydrogen-bond acceptors (Lipinski definition) is 6. The highest BCUT2D eigenvalue weighted by Crippen LogP contribution is 2.28. The van der Waals surface area contributed by atoms with Crippen LogP contribution in [0.1, 0.15) is 18.6 Å². The molecule has 1 aliphatic rings. The maximum Gasteiger partial charge on any atom is 0.137 e. The number of aromatic nitrogens is 1. The molecule has 1 aliphatic heterocycles. The monoisotopic (exact) mass is 418 g/mol. The zero-order valence-electron chi connectivity index (χ0n) is 17.5. The largest absolute Gasteiger partial charge is 0.495 e. The second kappa shape index (κ2) is 8.96. The van der Waals surface area contributed by atoms with Gasteiger partial charge in [0.2, 0.25) is 0 Å². The van der Waals surface area contributed by atoms with Crippen LogP contribution < -0.4 is 14.8 Å². The molecule has 6 nitrogen and oxygen atoms in total. The fourth-order valence-corrected chi connectivity index (χ4v) is 3.99. The third kappa shape index (κ3) is 4.50. The Kier molecular flexibility index (Phi) is 5.74. The van der Waals surface area contributed by atoms with Crippen molar-refractivity contribution in [2.75, 3.05) is 20.3 Å². The molecule has 2 aromatic carbocycles. The number of methoxy groups -OCH3 is 1. The molecule has 6 heteroatoms. The highest BCUT2D eigenvalue weighted by atomic mass is 16.5. The maximum atomic E-state index is 6.10. The first-order chi connectivity index (χ1) is 15.3. The lowest BCUT2D eigenvalue weighted by molar-refractivity contribution is -0.0263. The van der Waals surface area contributed by atoms with Crippen molar-refractivity contribution in [3.63, 3.8) is 0 Å². The Labute approximate surface area is 181 Å². The summed E-state index contributed by atoms with van der Waals surface area (Å²) >= 11 is 0. The summed E-state index contributed by atoms with van der Waals surface area (Å²) < 4.78 is 23.3. The van der Waals surface area contributed by atoms with Gasteiger partial charge in [-0.2, -0.15) is 0 Å². The van der Waals surface area contributed by atoms with E-state index in [0.29, 0.717) is 25.8 Å². The molecule has 4 aromatic rings. The van der Waals surface area contributed by atoms with Gasteiger partial charge in [-0.3, -0.25) is 4.98 Å². The molecule has 160 valence electrons. The lowest BCUT2D eigenvalue weighted by Crippen LogP contribution is -2.41. The van der Waals surface area contributed by atoms with Crippen LogP contribution in [0.5, 0.6) is 11.5 Å².